The number of nitrogens with one attached hydrogen (secondary N) is 1. The van der Waals surface area contributed by atoms with Gasteiger partial charge in [0.15, 0.2) is 0 Å². The first-order valence-electron chi connectivity index (χ1n) is 11.2. The number of unbranched alkanes of at least 4 members (excludes halogenated alkanes) is 1. The van der Waals surface area contributed by atoms with Crippen molar-refractivity contribution < 1.29 is 14.0 Å². The van der Waals surface area contributed by atoms with Gasteiger partial charge in [0.25, 0.3) is 0 Å². The lowest BCUT2D eigenvalue weighted by molar-refractivity contribution is -0.134. The van der Waals surface area contributed by atoms with Crippen molar-refractivity contribution in [2.45, 2.75) is 61.5 Å². The maximum absolute atomic E-state index is 13.0. The Bertz CT molecular complexity index is 692. The van der Waals surface area contributed by atoms with Crippen molar-refractivity contribution in [3.05, 3.63) is 30.1 Å². The topological polar surface area (TPSA) is 75.4 Å². The molecule has 1 saturated heterocycles. The largest absolute Gasteiger partial charge is 0.369 e. The van der Waals surface area contributed by atoms with E-state index in [0.717, 1.165) is 75.9 Å². The van der Waals surface area contributed by atoms with Crippen LogP contribution in [0.25, 0.3) is 0 Å². The average molecular weight is 436 g/mol. The highest BCUT2D eigenvalue weighted by Crippen LogP contribution is 2.31. The zero-order valence-electron chi connectivity index (χ0n) is 17.7. The number of nitrogens with two attached hydrogens (primary N) is 1. The van der Waals surface area contributed by atoms with Crippen LogP contribution < -0.4 is 11.1 Å². The van der Waals surface area contributed by atoms with Crippen molar-refractivity contribution in [1.82, 2.24) is 10.2 Å². The second kappa shape index (κ2) is 11.7. The van der Waals surface area contributed by atoms with E-state index in [-0.39, 0.29) is 29.5 Å². The van der Waals surface area contributed by atoms with Crippen LogP contribution in [0.5, 0.6) is 0 Å². The molecule has 0 spiro atoms. The van der Waals surface area contributed by atoms with Gasteiger partial charge in [-0.05, 0) is 82.4 Å². The molecular weight excluding hydrogens is 401 g/mol. The van der Waals surface area contributed by atoms with Crippen LogP contribution in [0.15, 0.2) is 29.2 Å². The van der Waals surface area contributed by atoms with Crippen molar-refractivity contribution in [2.75, 3.05) is 26.2 Å². The summed E-state index contributed by atoms with van der Waals surface area (Å²) in [5.74, 6) is -1.06. The van der Waals surface area contributed by atoms with Crippen LogP contribution in [0.3, 0.4) is 0 Å². The lowest BCUT2D eigenvalue weighted by Crippen LogP contribution is -2.42. The van der Waals surface area contributed by atoms with E-state index in [2.05, 4.69) is 10.2 Å². The van der Waals surface area contributed by atoms with E-state index in [1.54, 1.807) is 0 Å². The summed E-state index contributed by atoms with van der Waals surface area (Å²) < 4.78 is 13.0. The number of primary amides is 1. The second-order valence-electron chi connectivity index (χ2n) is 8.51. The standard InChI is InChI=1S/C23H34FN3O2S/c24-17-7-9-18(10-8-17)30-19-11-15-27(16-12-19)14-4-3-13-26-23(29)21-6-2-1-5-20(21)22(25)28/h7-10,19-21H,1-6,11-16H2,(H2,25,28)(H,26,29). The number of carbonyl (C=O) groups excluding carboxylic acids is 2. The predicted molar refractivity (Wildman–Crippen MR) is 119 cm³/mol. The van der Waals surface area contributed by atoms with Crippen molar-refractivity contribution in [3.63, 3.8) is 0 Å². The number of likely N-dealkylation sites (tertiary alicyclic amines) is 1. The Morgan fingerprint density at radius 1 is 1.03 bits per heavy atom. The van der Waals surface area contributed by atoms with Gasteiger partial charge in [0.2, 0.25) is 11.8 Å². The molecule has 7 heteroatoms. The van der Waals surface area contributed by atoms with Gasteiger partial charge in [0, 0.05) is 28.5 Å². The Hall–Kier alpha value is -1.60. The Labute approximate surface area is 183 Å². The molecule has 2 amide bonds. The highest BCUT2D eigenvalue weighted by molar-refractivity contribution is 8.00. The molecule has 1 heterocycles. The molecule has 5 nitrogen and oxygen atoms in total. The van der Waals surface area contributed by atoms with E-state index in [4.69, 9.17) is 5.73 Å². The van der Waals surface area contributed by atoms with Gasteiger partial charge >= 0.3 is 0 Å². The van der Waals surface area contributed by atoms with Crippen molar-refractivity contribution in [2.24, 2.45) is 17.6 Å². The SMILES string of the molecule is NC(=O)C1CCCCC1C(=O)NCCCCN1CCC(Sc2ccc(F)cc2)CC1. The van der Waals surface area contributed by atoms with Crippen LogP contribution >= 0.6 is 11.8 Å². The van der Waals surface area contributed by atoms with Crippen molar-refractivity contribution in [1.29, 1.82) is 0 Å². The van der Waals surface area contributed by atoms with Gasteiger partial charge in [0.05, 0.1) is 0 Å². The number of hydrogen-bond acceptors (Lipinski definition) is 4. The minimum atomic E-state index is -0.337. The lowest BCUT2D eigenvalue weighted by atomic mass is 9.78. The van der Waals surface area contributed by atoms with Crippen molar-refractivity contribution in [3.8, 4) is 0 Å². The van der Waals surface area contributed by atoms with Gasteiger partial charge in [-0.25, -0.2) is 4.39 Å². The van der Waals surface area contributed by atoms with Gasteiger partial charge < -0.3 is 16.0 Å². The van der Waals surface area contributed by atoms with E-state index < -0.39 is 0 Å². The molecular formula is C23H34FN3O2S. The molecule has 0 aromatic heterocycles. The number of piperidine rings is 1. The third kappa shape index (κ3) is 6.98. The third-order valence-corrected chi connectivity index (χ3v) is 7.67. The molecule has 1 aliphatic heterocycles. The minimum Gasteiger partial charge on any atom is -0.369 e. The highest BCUT2D eigenvalue weighted by Gasteiger charge is 2.34. The van der Waals surface area contributed by atoms with Crippen LogP contribution in [0.1, 0.15) is 51.4 Å². The normalized spacial score (nSPS) is 23.2. The van der Waals surface area contributed by atoms with Gasteiger partial charge in [-0.15, -0.1) is 11.8 Å². The molecule has 3 N–H and O–H groups in total. The van der Waals surface area contributed by atoms with Crippen LogP contribution in [-0.2, 0) is 9.59 Å². The van der Waals surface area contributed by atoms with E-state index in [0.29, 0.717) is 11.8 Å². The van der Waals surface area contributed by atoms with Gasteiger partial charge in [-0.3, -0.25) is 9.59 Å². The van der Waals surface area contributed by atoms with Gasteiger partial charge in [0.1, 0.15) is 5.82 Å². The Kier molecular flexibility index (Phi) is 9.00. The lowest BCUT2D eigenvalue weighted by Gasteiger charge is -2.31. The summed E-state index contributed by atoms with van der Waals surface area (Å²) in [6.07, 6.45) is 7.79. The zero-order valence-corrected chi connectivity index (χ0v) is 18.5. The van der Waals surface area contributed by atoms with E-state index in [1.807, 2.05) is 23.9 Å². The number of carbonyl (C=O) groups is 2. The summed E-state index contributed by atoms with van der Waals surface area (Å²) in [5, 5.41) is 3.61. The smallest absolute Gasteiger partial charge is 0.223 e. The number of benzene rings is 1. The number of halogens is 1. The summed E-state index contributed by atoms with van der Waals surface area (Å²) >= 11 is 1.85. The fourth-order valence-electron chi connectivity index (χ4n) is 4.54. The number of rotatable bonds is 9. The molecule has 166 valence electrons. The molecule has 30 heavy (non-hydrogen) atoms. The zero-order chi connectivity index (χ0) is 21.3. The monoisotopic (exact) mass is 435 g/mol. The number of nitrogens with zero attached hydrogens (tertiary/aromatic N) is 1. The first-order valence-corrected chi connectivity index (χ1v) is 12.1. The molecule has 2 aliphatic rings. The number of hydrogen-bond donors (Lipinski definition) is 2. The van der Waals surface area contributed by atoms with E-state index in [1.165, 1.54) is 12.1 Å². The number of amides is 2. The molecule has 2 atom stereocenters. The van der Waals surface area contributed by atoms with Gasteiger partial charge in [-0.2, -0.15) is 0 Å². The van der Waals surface area contributed by atoms with E-state index >= 15 is 0 Å². The predicted octanol–water partition coefficient (Wildman–Crippen LogP) is 3.57. The van der Waals surface area contributed by atoms with Gasteiger partial charge in [-0.1, -0.05) is 12.8 Å². The first-order chi connectivity index (χ1) is 14.5. The van der Waals surface area contributed by atoms with Crippen molar-refractivity contribution >= 4 is 23.6 Å². The fourth-order valence-corrected chi connectivity index (χ4v) is 5.67. The molecule has 2 fully saturated rings. The molecule has 0 bridgehead atoms. The third-order valence-electron chi connectivity index (χ3n) is 6.32. The van der Waals surface area contributed by atoms with E-state index in [9.17, 15) is 14.0 Å². The summed E-state index contributed by atoms with van der Waals surface area (Å²) in [4.78, 5) is 27.6. The minimum absolute atomic E-state index is 0.00266. The van der Waals surface area contributed by atoms with Crippen LogP contribution in [0, 0.1) is 17.7 Å². The summed E-state index contributed by atoms with van der Waals surface area (Å²) in [6, 6.07) is 6.77. The Morgan fingerprint density at radius 3 is 2.37 bits per heavy atom. The molecule has 3 rings (SSSR count). The highest BCUT2D eigenvalue weighted by atomic mass is 32.2. The maximum Gasteiger partial charge on any atom is 0.223 e. The summed E-state index contributed by atoms with van der Waals surface area (Å²) in [7, 11) is 0. The molecule has 1 aliphatic carbocycles. The molecule has 1 saturated carbocycles. The molecule has 0 radical (unpaired) electrons. The molecule has 1 aromatic rings. The molecule has 1 aromatic carbocycles. The Morgan fingerprint density at radius 2 is 1.70 bits per heavy atom. The first kappa shape index (κ1) is 23.1. The average Bonchev–Trinajstić information content (AvgIpc) is 2.76. The quantitative estimate of drug-likeness (QED) is 0.582. The van der Waals surface area contributed by atoms with Crippen LogP contribution in [0.2, 0.25) is 0 Å². The van der Waals surface area contributed by atoms with Crippen LogP contribution in [-0.4, -0.2) is 48.1 Å². The molecule has 2 unspecified atom stereocenters. The fraction of sp³-hybridized carbons (Fsp3) is 0.652. The second-order valence-corrected chi connectivity index (χ2v) is 9.88. The summed E-state index contributed by atoms with van der Waals surface area (Å²) in [6.45, 7) is 3.90. The van der Waals surface area contributed by atoms with Crippen LogP contribution in [0.4, 0.5) is 4.39 Å². The number of thioether (sulfide) groups is 1. The summed E-state index contributed by atoms with van der Waals surface area (Å²) in [5.41, 5.74) is 5.47. The Balaban J connectivity index is 1.27. The maximum atomic E-state index is 13.0.